The van der Waals surface area contributed by atoms with Gasteiger partial charge in [-0.15, -0.1) is 0 Å². The van der Waals surface area contributed by atoms with Gasteiger partial charge in [0.2, 0.25) is 0 Å². The van der Waals surface area contributed by atoms with Crippen molar-refractivity contribution >= 4 is 0 Å². The maximum atomic E-state index is 2.71. The van der Waals surface area contributed by atoms with Crippen molar-refractivity contribution in [2.24, 2.45) is 17.8 Å². The minimum Gasteiger partial charge on any atom is -0.0816 e. The summed E-state index contributed by atoms with van der Waals surface area (Å²) in [6, 6.07) is 0. The van der Waals surface area contributed by atoms with Crippen LogP contribution in [0.5, 0.6) is 0 Å². The highest BCUT2D eigenvalue weighted by atomic mass is 14.4. The summed E-state index contributed by atoms with van der Waals surface area (Å²) in [5, 5.41) is 0. The second kappa shape index (κ2) is 4.31. The first-order valence-electron chi connectivity index (χ1n) is 7.14. The molecule has 3 rings (SSSR count). The molecule has 0 N–H and O–H groups in total. The van der Waals surface area contributed by atoms with E-state index in [1.165, 1.54) is 64.2 Å². The van der Waals surface area contributed by atoms with E-state index in [-0.39, 0.29) is 0 Å². The summed E-state index contributed by atoms with van der Waals surface area (Å²) in [7, 11) is 0. The lowest BCUT2D eigenvalue weighted by Crippen LogP contribution is -2.05. The summed E-state index contributed by atoms with van der Waals surface area (Å²) in [5.41, 5.74) is 1.87. The molecule has 1 unspecified atom stereocenters. The second-order valence-corrected chi connectivity index (χ2v) is 5.97. The van der Waals surface area contributed by atoms with Gasteiger partial charge in [0, 0.05) is 0 Å². The van der Waals surface area contributed by atoms with Crippen molar-refractivity contribution in [3.63, 3.8) is 0 Å². The first-order valence-corrected chi connectivity index (χ1v) is 7.14. The molecule has 3 aliphatic rings. The van der Waals surface area contributed by atoms with Gasteiger partial charge in [-0.1, -0.05) is 37.3 Å². The van der Waals surface area contributed by atoms with E-state index in [4.69, 9.17) is 0 Å². The molecule has 0 heteroatoms. The fourth-order valence-corrected chi connectivity index (χ4v) is 4.17. The minimum absolute atomic E-state index is 0.989. The zero-order valence-corrected chi connectivity index (χ0v) is 9.88. The fraction of sp³-hybridized carbons (Fsp3) is 0.867. The highest BCUT2D eigenvalue weighted by Crippen LogP contribution is 2.43. The lowest BCUT2D eigenvalue weighted by Gasteiger charge is -2.15. The van der Waals surface area contributed by atoms with E-state index in [9.17, 15) is 0 Å². The molecule has 15 heavy (non-hydrogen) atoms. The van der Waals surface area contributed by atoms with Gasteiger partial charge in [0.1, 0.15) is 0 Å². The summed E-state index contributed by atoms with van der Waals surface area (Å²) in [4.78, 5) is 0. The highest BCUT2D eigenvalue weighted by molar-refractivity contribution is 5.16. The zero-order chi connectivity index (χ0) is 10.1. The van der Waals surface area contributed by atoms with Crippen molar-refractivity contribution in [2.75, 3.05) is 0 Å². The van der Waals surface area contributed by atoms with Gasteiger partial charge >= 0.3 is 0 Å². The van der Waals surface area contributed by atoms with E-state index < -0.39 is 0 Å². The van der Waals surface area contributed by atoms with Crippen molar-refractivity contribution in [3.05, 3.63) is 11.6 Å². The lowest BCUT2D eigenvalue weighted by molar-refractivity contribution is 0.400. The first kappa shape index (κ1) is 9.93. The maximum absolute atomic E-state index is 2.71. The number of allylic oxidation sites excluding steroid dienone is 2. The molecular formula is C15H24. The number of hydrogen-bond acceptors (Lipinski definition) is 0. The molecule has 0 nitrogen and oxygen atoms in total. The fourth-order valence-electron chi connectivity index (χ4n) is 4.17. The molecule has 2 saturated carbocycles. The zero-order valence-electron chi connectivity index (χ0n) is 9.88. The summed E-state index contributed by atoms with van der Waals surface area (Å²) < 4.78 is 0. The predicted octanol–water partition coefficient (Wildman–Crippen LogP) is 4.70. The molecule has 0 aliphatic heterocycles. The van der Waals surface area contributed by atoms with Crippen LogP contribution in [0.3, 0.4) is 0 Å². The molecule has 2 fully saturated rings. The third kappa shape index (κ3) is 2.00. The molecule has 0 heterocycles. The van der Waals surface area contributed by atoms with Gasteiger partial charge in [-0.05, 0) is 56.3 Å². The molecule has 0 bridgehead atoms. The van der Waals surface area contributed by atoms with Crippen molar-refractivity contribution in [2.45, 2.75) is 64.2 Å². The van der Waals surface area contributed by atoms with Crippen molar-refractivity contribution < 1.29 is 0 Å². The van der Waals surface area contributed by atoms with Crippen LogP contribution in [0, 0.1) is 17.8 Å². The van der Waals surface area contributed by atoms with Crippen molar-refractivity contribution in [1.29, 1.82) is 0 Å². The molecule has 0 radical (unpaired) electrons. The molecule has 3 aliphatic carbocycles. The van der Waals surface area contributed by atoms with Gasteiger partial charge in [0.15, 0.2) is 0 Å². The summed E-state index contributed by atoms with van der Waals surface area (Å²) in [5.74, 6) is 3.07. The standard InChI is InChI=1S/C15H24/c1-2-6-12(5-1)14-9-10-15(11-14)13-7-3-4-8-13/h11-14H,1-10H2. The van der Waals surface area contributed by atoms with Crippen LogP contribution in [-0.2, 0) is 0 Å². The average Bonchev–Trinajstić information content (AvgIpc) is 3.02. The molecule has 0 aromatic rings. The molecule has 84 valence electrons. The van der Waals surface area contributed by atoms with E-state index >= 15 is 0 Å². The molecule has 0 amide bonds. The Hall–Kier alpha value is -0.260. The van der Waals surface area contributed by atoms with Crippen LogP contribution >= 0.6 is 0 Å². The van der Waals surface area contributed by atoms with Crippen LogP contribution in [0.15, 0.2) is 11.6 Å². The second-order valence-electron chi connectivity index (χ2n) is 5.97. The summed E-state index contributed by atoms with van der Waals surface area (Å²) in [6.07, 6.45) is 17.7. The number of hydrogen-bond donors (Lipinski definition) is 0. The Morgan fingerprint density at radius 1 is 0.800 bits per heavy atom. The first-order chi connectivity index (χ1) is 7.43. The van der Waals surface area contributed by atoms with Crippen LogP contribution in [-0.4, -0.2) is 0 Å². The molecule has 0 aromatic carbocycles. The Morgan fingerprint density at radius 3 is 2.20 bits per heavy atom. The summed E-state index contributed by atoms with van der Waals surface area (Å²) in [6.45, 7) is 0. The minimum atomic E-state index is 0.989. The summed E-state index contributed by atoms with van der Waals surface area (Å²) >= 11 is 0. The molecule has 0 saturated heterocycles. The SMILES string of the molecule is C1=C(C2CCCC2)CCC1C1CCCC1. The Morgan fingerprint density at radius 2 is 1.47 bits per heavy atom. The van der Waals surface area contributed by atoms with E-state index in [0.29, 0.717) is 0 Å². The highest BCUT2D eigenvalue weighted by Gasteiger charge is 2.30. The van der Waals surface area contributed by atoms with Crippen molar-refractivity contribution in [1.82, 2.24) is 0 Å². The topological polar surface area (TPSA) is 0 Å². The van der Waals surface area contributed by atoms with E-state index in [0.717, 1.165) is 17.8 Å². The third-order valence-corrected chi connectivity index (χ3v) is 5.08. The predicted molar refractivity (Wildman–Crippen MR) is 64.7 cm³/mol. The van der Waals surface area contributed by atoms with Gasteiger partial charge < -0.3 is 0 Å². The van der Waals surface area contributed by atoms with Gasteiger partial charge in [-0.2, -0.15) is 0 Å². The molecule has 1 atom stereocenters. The lowest BCUT2D eigenvalue weighted by atomic mass is 9.90. The van der Waals surface area contributed by atoms with Gasteiger partial charge in [-0.25, -0.2) is 0 Å². The van der Waals surface area contributed by atoms with Crippen LogP contribution in [0.4, 0.5) is 0 Å². The largest absolute Gasteiger partial charge is 0.0816 e. The average molecular weight is 204 g/mol. The molecular weight excluding hydrogens is 180 g/mol. The van der Waals surface area contributed by atoms with E-state index in [2.05, 4.69) is 6.08 Å². The van der Waals surface area contributed by atoms with Gasteiger partial charge in [-0.3, -0.25) is 0 Å². The van der Waals surface area contributed by atoms with E-state index in [1.54, 1.807) is 0 Å². The molecule has 0 aromatic heterocycles. The van der Waals surface area contributed by atoms with Crippen LogP contribution in [0.25, 0.3) is 0 Å². The normalized spacial score (nSPS) is 33.9. The van der Waals surface area contributed by atoms with E-state index in [1.807, 2.05) is 5.57 Å². The number of rotatable bonds is 2. The monoisotopic (exact) mass is 204 g/mol. The van der Waals surface area contributed by atoms with Crippen LogP contribution in [0.1, 0.15) is 64.2 Å². The Kier molecular flexibility index (Phi) is 2.86. The van der Waals surface area contributed by atoms with Crippen molar-refractivity contribution in [3.8, 4) is 0 Å². The van der Waals surface area contributed by atoms with Crippen LogP contribution < -0.4 is 0 Å². The Labute approximate surface area is 94.1 Å². The van der Waals surface area contributed by atoms with Gasteiger partial charge in [0.05, 0.1) is 0 Å². The Bertz CT molecular complexity index is 239. The molecule has 0 spiro atoms. The van der Waals surface area contributed by atoms with Crippen LogP contribution in [0.2, 0.25) is 0 Å². The maximum Gasteiger partial charge on any atom is -0.0199 e. The quantitative estimate of drug-likeness (QED) is 0.572. The van der Waals surface area contributed by atoms with Gasteiger partial charge in [0.25, 0.3) is 0 Å². The smallest absolute Gasteiger partial charge is 0.0199 e. The Balaban J connectivity index is 1.63. The third-order valence-electron chi connectivity index (χ3n) is 5.08.